The van der Waals surface area contributed by atoms with E-state index in [2.05, 4.69) is 11.9 Å². The highest BCUT2D eigenvalue weighted by Crippen LogP contribution is 2.23. The summed E-state index contributed by atoms with van der Waals surface area (Å²) in [6, 6.07) is 2.28. The number of nitrogens with zero attached hydrogens (tertiary/aromatic N) is 1. The van der Waals surface area contributed by atoms with Crippen LogP contribution in [0.25, 0.3) is 0 Å². The first-order valence-electron chi connectivity index (χ1n) is 7.07. The van der Waals surface area contributed by atoms with Gasteiger partial charge in [0.2, 0.25) is 0 Å². The van der Waals surface area contributed by atoms with E-state index in [9.17, 15) is 4.79 Å². The molecule has 0 spiro atoms. The van der Waals surface area contributed by atoms with E-state index in [-0.39, 0.29) is 5.97 Å². The van der Waals surface area contributed by atoms with E-state index in [0.29, 0.717) is 23.9 Å². The van der Waals surface area contributed by atoms with Gasteiger partial charge in [-0.05, 0) is 26.0 Å². The number of ether oxygens (including phenoxy) is 1. The van der Waals surface area contributed by atoms with Gasteiger partial charge in [0.1, 0.15) is 11.3 Å². The maximum absolute atomic E-state index is 11.6. The maximum atomic E-state index is 11.6. The second kappa shape index (κ2) is 6.75. The standard InChI is InChI=1S/C15H23NO3/c1-16(12-7-5-3-4-6-8-12)11-14-13(9-10-19-14)15(17)18-2/h9-10,12H,3-8,11H2,1-2H3. The molecule has 0 unspecified atom stereocenters. The summed E-state index contributed by atoms with van der Waals surface area (Å²) in [5, 5.41) is 0. The van der Waals surface area contributed by atoms with Crippen LogP contribution in [-0.4, -0.2) is 31.1 Å². The summed E-state index contributed by atoms with van der Waals surface area (Å²) in [4.78, 5) is 13.9. The van der Waals surface area contributed by atoms with E-state index in [4.69, 9.17) is 9.15 Å². The van der Waals surface area contributed by atoms with Crippen LogP contribution < -0.4 is 0 Å². The molecule has 4 nitrogen and oxygen atoms in total. The van der Waals surface area contributed by atoms with Crippen LogP contribution in [0.2, 0.25) is 0 Å². The summed E-state index contributed by atoms with van der Waals surface area (Å²) >= 11 is 0. The molecule has 1 saturated carbocycles. The van der Waals surface area contributed by atoms with Gasteiger partial charge in [-0.25, -0.2) is 4.79 Å². The Balaban J connectivity index is 1.99. The van der Waals surface area contributed by atoms with E-state index in [0.717, 1.165) is 0 Å². The van der Waals surface area contributed by atoms with Crippen LogP contribution in [0.3, 0.4) is 0 Å². The van der Waals surface area contributed by atoms with Crippen LogP contribution >= 0.6 is 0 Å². The van der Waals surface area contributed by atoms with Crippen molar-refractivity contribution in [3.63, 3.8) is 0 Å². The molecule has 4 heteroatoms. The van der Waals surface area contributed by atoms with Crippen LogP contribution in [-0.2, 0) is 11.3 Å². The van der Waals surface area contributed by atoms with Crippen LogP contribution in [0.15, 0.2) is 16.7 Å². The lowest BCUT2D eigenvalue weighted by atomic mass is 10.1. The van der Waals surface area contributed by atoms with Crippen molar-refractivity contribution in [2.45, 2.75) is 51.1 Å². The second-order valence-corrected chi connectivity index (χ2v) is 5.31. The first kappa shape index (κ1) is 14.1. The number of methoxy groups -OCH3 is 1. The van der Waals surface area contributed by atoms with Gasteiger partial charge in [-0.2, -0.15) is 0 Å². The molecule has 106 valence electrons. The zero-order valence-corrected chi connectivity index (χ0v) is 11.9. The number of furan rings is 1. The zero-order valence-electron chi connectivity index (χ0n) is 11.9. The van der Waals surface area contributed by atoms with Crippen molar-refractivity contribution in [2.75, 3.05) is 14.2 Å². The van der Waals surface area contributed by atoms with Crippen molar-refractivity contribution < 1.29 is 13.9 Å². The SMILES string of the molecule is COC(=O)c1ccoc1CN(C)C1CCCCCC1. The molecule has 1 aliphatic carbocycles. The van der Waals surface area contributed by atoms with Gasteiger partial charge in [-0.1, -0.05) is 25.7 Å². The molecule has 19 heavy (non-hydrogen) atoms. The van der Waals surface area contributed by atoms with Gasteiger partial charge in [-0.3, -0.25) is 4.90 Å². The summed E-state index contributed by atoms with van der Waals surface area (Å²) in [7, 11) is 3.51. The number of carbonyl (C=O) groups is 1. The van der Waals surface area contributed by atoms with Crippen LogP contribution in [0, 0.1) is 0 Å². The van der Waals surface area contributed by atoms with E-state index in [1.165, 1.54) is 45.6 Å². The number of carbonyl (C=O) groups excluding carboxylic acids is 1. The van der Waals surface area contributed by atoms with E-state index >= 15 is 0 Å². The van der Waals surface area contributed by atoms with Crippen molar-refractivity contribution in [3.05, 3.63) is 23.7 Å². The van der Waals surface area contributed by atoms with Crippen LogP contribution in [0.4, 0.5) is 0 Å². The Morgan fingerprint density at radius 1 is 1.37 bits per heavy atom. The lowest BCUT2D eigenvalue weighted by Gasteiger charge is -2.26. The smallest absolute Gasteiger partial charge is 0.341 e. The zero-order chi connectivity index (χ0) is 13.7. The Labute approximate surface area is 114 Å². The Morgan fingerprint density at radius 3 is 2.68 bits per heavy atom. The Morgan fingerprint density at radius 2 is 2.05 bits per heavy atom. The molecule has 0 saturated heterocycles. The van der Waals surface area contributed by atoms with Crippen molar-refractivity contribution in [1.29, 1.82) is 0 Å². The fourth-order valence-corrected chi connectivity index (χ4v) is 2.81. The molecular weight excluding hydrogens is 242 g/mol. The number of esters is 1. The molecular formula is C15H23NO3. The summed E-state index contributed by atoms with van der Waals surface area (Å²) in [5.41, 5.74) is 0.544. The van der Waals surface area contributed by atoms with Gasteiger partial charge < -0.3 is 9.15 Å². The van der Waals surface area contributed by atoms with Gasteiger partial charge in [0, 0.05) is 6.04 Å². The second-order valence-electron chi connectivity index (χ2n) is 5.31. The number of rotatable bonds is 4. The number of hydrogen-bond donors (Lipinski definition) is 0. The Hall–Kier alpha value is -1.29. The van der Waals surface area contributed by atoms with Gasteiger partial charge in [0.05, 0.1) is 19.9 Å². The highest BCUT2D eigenvalue weighted by Gasteiger charge is 2.21. The number of hydrogen-bond acceptors (Lipinski definition) is 4. The quantitative estimate of drug-likeness (QED) is 0.619. The van der Waals surface area contributed by atoms with Gasteiger partial charge >= 0.3 is 5.97 Å². The molecule has 2 rings (SSSR count). The van der Waals surface area contributed by atoms with Crippen LogP contribution in [0.1, 0.15) is 54.6 Å². The predicted molar refractivity (Wildman–Crippen MR) is 73.0 cm³/mol. The highest BCUT2D eigenvalue weighted by molar-refractivity contribution is 5.90. The van der Waals surface area contributed by atoms with Gasteiger partial charge in [-0.15, -0.1) is 0 Å². The average Bonchev–Trinajstić information content (AvgIpc) is 2.71. The molecule has 0 bridgehead atoms. The monoisotopic (exact) mass is 265 g/mol. The molecule has 1 heterocycles. The summed E-state index contributed by atoms with van der Waals surface area (Å²) in [5.74, 6) is 0.386. The predicted octanol–water partition coefficient (Wildman–Crippen LogP) is 3.22. The minimum absolute atomic E-state index is 0.321. The normalized spacial score (nSPS) is 17.4. The molecule has 0 aromatic carbocycles. The topological polar surface area (TPSA) is 42.7 Å². The molecule has 0 atom stereocenters. The third-order valence-corrected chi connectivity index (χ3v) is 3.99. The molecule has 0 aliphatic heterocycles. The van der Waals surface area contributed by atoms with Crippen molar-refractivity contribution >= 4 is 5.97 Å². The van der Waals surface area contributed by atoms with Gasteiger partial charge in [0.25, 0.3) is 0 Å². The fourth-order valence-electron chi connectivity index (χ4n) is 2.81. The van der Waals surface area contributed by atoms with Crippen molar-refractivity contribution in [3.8, 4) is 0 Å². The average molecular weight is 265 g/mol. The summed E-state index contributed by atoms with van der Waals surface area (Å²) in [6.45, 7) is 0.669. The van der Waals surface area contributed by atoms with E-state index in [1.54, 1.807) is 12.3 Å². The first-order valence-corrected chi connectivity index (χ1v) is 7.07. The third-order valence-electron chi connectivity index (χ3n) is 3.99. The molecule has 1 aromatic rings. The van der Waals surface area contributed by atoms with E-state index in [1.807, 2.05) is 0 Å². The minimum Gasteiger partial charge on any atom is -0.467 e. The molecule has 1 fully saturated rings. The van der Waals surface area contributed by atoms with Gasteiger partial charge in [0.15, 0.2) is 0 Å². The highest BCUT2D eigenvalue weighted by atomic mass is 16.5. The summed E-state index contributed by atoms with van der Waals surface area (Å²) < 4.78 is 10.2. The molecule has 0 radical (unpaired) electrons. The largest absolute Gasteiger partial charge is 0.467 e. The lowest BCUT2D eigenvalue weighted by Crippen LogP contribution is -2.31. The van der Waals surface area contributed by atoms with Crippen molar-refractivity contribution in [2.24, 2.45) is 0 Å². The lowest BCUT2D eigenvalue weighted by molar-refractivity contribution is 0.0595. The molecule has 0 N–H and O–H groups in total. The molecule has 1 aliphatic rings. The Kier molecular flexibility index (Phi) is 5.02. The third kappa shape index (κ3) is 3.60. The van der Waals surface area contributed by atoms with Crippen molar-refractivity contribution in [1.82, 2.24) is 4.90 Å². The fraction of sp³-hybridized carbons (Fsp3) is 0.667. The minimum atomic E-state index is -0.321. The first-order chi connectivity index (χ1) is 9.22. The molecule has 0 amide bonds. The van der Waals surface area contributed by atoms with E-state index < -0.39 is 0 Å². The van der Waals surface area contributed by atoms with Crippen LogP contribution in [0.5, 0.6) is 0 Å². The maximum Gasteiger partial charge on any atom is 0.341 e. The summed E-state index contributed by atoms with van der Waals surface area (Å²) in [6.07, 6.45) is 9.34. The molecule has 1 aromatic heterocycles. The Bertz CT molecular complexity index is 405.